The molecule has 0 aromatic heterocycles. The van der Waals surface area contributed by atoms with Gasteiger partial charge in [-0.2, -0.15) is 0 Å². The van der Waals surface area contributed by atoms with E-state index in [-0.39, 0.29) is 0 Å². The van der Waals surface area contributed by atoms with Crippen LogP contribution in [0.15, 0.2) is 24.3 Å². The molecule has 1 heterocycles. The van der Waals surface area contributed by atoms with Gasteiger partial charge in [0, 0.05) is 18.6 Å². The molecule has 3 nitrogen and oxygen atoms in total. The minimum atomic E-state index is 0.339. The van der Waals surface area contributed by atoms with Crippen LogP contribution in [-0.2, 0) is 0 Å². The third-order valence-electron chi connectivity index (χ3n) is 4.21. The van der Waals surface area contributed by atoms with Crippen molar-refractivity contribution in [2.24, 2.45) is 0 Å². The van der Waals surface area contributed by atoms with E-state index in [4.69, 9.17) is 0 Å². The van der Waals surface area contributed by atoms with E-state index in [9.17, 15) is 5.11 Å². The molecule has 1 fully saturated rings. The monoisotopic (exact) mass is 262 g/mol. The van der Waals surface area contributed by atoms with Gasteiger partial charge in [-0.1, -0.05) is 26.0 Å². The molecule has 2 rings (SSSR count). The van der Waals surface area contributed by atoms with Gasteiger partial charge >= 0.3 is 0 Å². The molecule has 2 atom stereocenters. The molecule has 0 saturated carbocycles. The topological polar surface area (TPSA) is 35.5 Å². The van der Waals surface area contributed by atoms with Gasteiger partial charge in [0.25, 0.3) is 0 Å². The van der Waals surface area contributed by atoms with Crippen LogP contribution < -0.4 is 5.32 Å². The van der Waals surface area contributed by atoms with E-state index in [0.717, 1.165) is 19.5 Å². The van der Waals surface area contributed by atoms with Crippen LogP contribution in [0.3, 0.4) is 0 Å². The van der Waals surface area contributed by atoms with Gasteiger partial charge < -0.3 is 10.4 Å². The minimum Gasteiger partial charge on any atom is -0.508 e. The molecule has 0 spiro atoms. The van der Waals surface area contributed by atoms with Gasteiger partial charge in [-0.3, -0.25) is 4.90 Å². The van der Waals surface area contributed by atoms with Crippen LogP contribution in [0, 0.1) is 0 Å². The molecular formula is C16H26N2O. The van der Waals surface area contributed by atoms with Gasteiger partial charge in [-0.05, 0) is 50.0 Å². The first-order valence-corrected chi connectivity index (χ1v) is 7.51. The van der Waals surface area contributed by atoms with Crippen LogP contribution in [0.4, 0.5) is 0 Å². The molecule has 0 amide bonds. The van der Waals surface area contributed by atoms with Crippen molar-refractivity contribution in [2.75, 3.05) is 19.6 Å². The lowest BCUT2D eigenvalue weighted by Gasteiger charge is -2.26. The molecule has 1 aromatic carbocycles. The van der Waals surface area contributed by atoms with Gasteiger partial charge in [-0.25, -0.2) is 0 Å². The quantitative estimate of drug-likeness (QED) is 0.827. The van der Waals surface area contributed by atoms with Gasteiger partial charge in [0.05, 0.1) is 0 Å². The Morgan fingerprint density at radius 2 is 2.05 bits per heavy atom. The highest BCUT2D eigenvalue weighted by Crippen LogP contribution is 2.21. The number of likely N-dealkylation sites (tertiary alicyclic amines) is 1. The summed E-state index contributed by atoms with van der Waals surface area (Å²) < 4.78 is 0. The van der Waals surface area contributed by atoms with Crippen LogP contribution in [-0.4, -0.2) is 35.7 Å². The standard InChI is InChI=1S/C16H26N2O/c1-3-16(13-7-9-15(19)10-8-13)17-12-14-6-5-11-18(14)4-2/h7-10,14,16-17,19H,3-6,11-12H2,1-2H3. The van der Waals surface area contributed by atoms with Crippen molar-refractivity contribution in [1.29, 1.82) is 0 Å². The van der Waals surface area contributed by atoms with Crippen molar-refractivity contribution in [3.8, 4) is 5.75 Å². The highest BCUT2D eigenvalue weighted by atomic mass is 16.3. The fourth-order valence-electron chi connectivity index (χ4n) is 3.03. The van der Waals surface area contributed by atoms with E-state index >= 15 is 0 Å². The van der Waals surface area contributed by atoms with Crippen LogP contribution in [0.1, 0.15) is 44.7 Å². The predicted octanol–water partition coefficient (Wildman–Crippen LogP) is 2.92. The second-order valence-electron chi connectivity index (χ2n) is 5.39. The summed E-state index contributed by atoms with van der Waals surface area (Å²) in [7, 11) is 0. The van der Waals surface area contributed by atoms with Gasteiger partial charge in [-0.15, -0.1) is 0 Å². The summed E-state index contributed by atoms with van der Waals surface area (Å²) in [5.41, 5.74) is 1.27. The Kier molecular flexibility index (Phi) is 5.23. The van der Waals surface area contributed by atoms with E-state index in [2.05, 4.69) is 24.1 Å². The molecule has 1 aromatic rings. The van der Waals surface area contributed by atoms with Crippen LogP contribution in [0.5, 0.6) is 5.75 Å². The summed E-state index contributed by atoms with van der Waals surface area (Å²) in [4.78, 5) is 2.57. The molecule has 1 aliphatic heterocycles. The molecular weight excluding hydrogens is 236 g/mol. The molecule has 0 bridgehead atoms. The first kappa shape index (κ1) is 14.4. The van der Waals surface area contributed by atoms with Crippen LogP contribution >= 0.6 is 0 Å². The second-order valence-corrected chi connectivity index (χ2v) is 5.39. The Morgan fingerprint density at radius 3 is 2.68 bits per heavy atom. The Hall–Kier alpha value is -1.06. The number of benzene rings is 1. The van der Waals surface area contributed by atoms with Crippen LogP contribution in [0.25, 0.3) is 0 Å². The molecule has 2 N–H and O–H groups in total. The van der Waals surface area contributed by atoms with E-state index in [1.165, 1.54) is 24.9 Å². The normalized spacial score (nSPS) is 21.7. The maximum absolute atomic E-state index is 9.35. The number of hydrogen-bond donors (Lipinski definition) is 2. The van der Waals surface area contributed by atoms with Crippen molar-refractivity contribution in [3.63, 3.8) is 0 Å². The molecule has 19 heavy (non-hydrogen) atoms. The zero-order chi connectivity index (χ0) is 13.7. The van der Waals surface area contributed by atoms with Gasteiger partial charge in [0.15, 0.2) is 0 Å². The number of likely N-dealkylation sites (N-methyl/N-ethyl adjacent to an activating group) is 1. The molecule has 106 valence electrons. The lowest BCUT2D eigenvalue weighted by Crippen LogP contribution is -2.39. The summed E-state index contributed by atoms with van der Waals surface area (Å²) in [6.07, 6.45) is 3.71. The number of nitrogens with one attached hydrogen (secondary N) is 1. The number of phenolic OH excluding ortho intramolecular Hbond substituents is 1. The van der Waals surface area contributed by atoms with E-state index in [1.807, 2.05) is 12.1 Å². The molecule has 3 heteroatoms. The Balaban J connectivity index is 1.90. The van der Waals surface area contributed by atoms with Gasteiger partial charge in [0.2, 0.25) is 0 Å². The van der Waals surface area contributed by atoms with Crippen molar-refractivity contribution >= 4 is 0 Å². The summed E-state index contributed by atoms with van der Waals surface area (Å²) in [6, 6.07) is 8.66. The van der Waals surface area contributed by atoms with Crippen molar-refractivity contribution in [1.82, 2.24) is 10.2 Å². The summed E-state index contributed by atoms with van der Waals surface area (Å²) >= 11 is 0. The van der Waals surface area contributed by atoms with Crippen molar-refractivity contribution in [2.45, 2.75) is 45.2 Å². The second kappa shape index (κ2) is 6.92. The molecule has 0 aliphatic carbocycles. The maximum Gasteiger partial charge on any atom is 0.115 e. The number of hydrogen-bond acceptors (Lipinski definition) is 3. The average Bonchev–Trinajstić information content (AvgIpc) is 2.89. The summed E-state index contributed by atoms with van der Waals surface area (Å²) in [6.45, 7) is 7.92. The molecule has 1 saturated heterocycles. The molecule has 1 aliphatic rings. The van der Waals surface area contributed by atoms with Crippen molar-refractivity contribution < 1.29 is 5.11 Å². The van der Waals surface area contributed by atoms with Crippen LogP contribution in [0.2, 0.25) is 0 Å². The SMILES string of the molecule is CCC(NCC1CCCN1CC)c1ccc(O)cc1. The Morgan fingerprint density at radius 1 is 1.32 bits per heavy atom. The summed E-state index contributed by atoms with van der Waals surface area (Å²) in [5.74, 6) is 0.339. The number of rotatable bonds is 6. The number of phenols is 1. The largest absolute Gasteiger partial charge is 0.508 e. The predicted molar refractivity (Wildman–Crippen MR) is 79.4 cm³/mol. The lowest BCUT2D eigenvalue weighted by atomic mass is 10.0. The number of aromatic hydroxyl groups is 1. The number of nitrogens with zero attached hydrogens (tertiary/aromatic N) is 1. The van der Waals surface area contributed by atoms with E-state index in [0.29, 0.717) is 17.8 Å². The third kappa shape index (κ3) is 3.71. The zero-order valence-corrected chi connectivity index (χ0v) is 12.1. The van der Waals surface area contributed by atoms with Crippen molar-refractivity contribution in [3.05, 3.63) is 29.8 Å². The first-order valence-electron chi connectivity index (χ1n) is 7.51. The Labute approximate surface area is 116 Å². The smallest absolute Gasteiger partial charge is 0.115 e. The first-order chi connectivity index (χ1) is 9.24. The van der Waals surface area contributed by atoms with E-state index < -0.39 is 0 Å². The maximum atomic E-state index is 9.35. The van der Waals surface area contributed by atoms with E-state index in [1.54, 1.807) is 12.1 Å². The zero-order valence-electron chi connectivity index (χ0n) is 12.1. The van der Waals surface area contributed by atoms with Gasteiger partial charge in [0.1, 0.15) is 5.75 Å². The summed E-state index contributed by atoms with van der Waals surface area (Å²) in [5, 5.41) is 13.0. The lowest BCUT2D eigenvalue weighted by molar-refractivity contribution is 0.253. The fourth-order valence-corrected chi connectivity index (χ4v) is 3.03. The molecule has 2 unspecified atom stereocenters. The Bertz CT molecular complexity index is 377. The minimum absolute atomic E-state index is 0.339. The molecule has 0 radical (unpaired) electrons. The average molecular weight is 262 g/mol. The fraction of sp³-hybridized carbons (Fsp3) is 0.625. The highest BCUT2D eigenvalue weighted by Gasteiger charge is 2.23. The highest BCUT2D eigenvalue weighted by molar-refractivity contribution is 5.28. The third-order valence-corrected chi connectivity index (χ3v) is 4.21.